The lowest BCUT2D eigenvalue weighted by molar-refractivity contribution is 0.596. The topological polar surface area (TPSA) is 13.1 Å². The van der Waals surface area contributed by atoms with Crippen LogP contribution in [0, 0.1) is 3.57 Å². The van der Waals surface area contributed by atoms with Crippen LogP contribution >= 0.6 is 33.9 Å². The van der Waals surface area contributed by atoms with E-state index in [2.05, 4.69) is 64.4 Å². The molecule has 112 valence electrons. The van der Waals surface area contributed by atoms with Crippen LogP contribution in [0.25, 0.3) is 33.1 Å². The van der Waals surface area contributed by atoms with Crippen molar-refractivity contribution in [2.45, 2.75) is 0 Å². The Morgan fingerprint density at radius 2 is 1.30 bits per heavy atom. The summed E-state index contributed by atoms with van der Waals surface area (Å²) >= 11 is 4.15. The van der Waals surface area contributed by atoms with Gasteiger partial charge in [-0.15, -0.1) is 11.3 Å². The van der Waals surface area contributed by atoms with Gasteiger partial charge in [-0.1, -0.05) is 66.7 Å². The average molecular weight is 428 g/mol. The third kappa shape index (κ3) is 2.75. The molecule has 0 saturated carbocycles. The predicted octanol–water partition coefficient (Wildman–Crippen LogP) is 6.95. The van der Waals surface area contributed by atoms with E-state index in [0.29, 0.717) is 0 Å². The molecule has 2 aromatic heterocycles. The highest BCUT2D eigenvalue weighted by Crippen LogP contribution is 2.44. The maximum Gasteiger partial charge on any atom is 0.148 e. The van der Waals surface area contributed by atoms with Gasteiger partial charge in [0, 0.05) is 16.0 Å². The first-order valence-electron chi connectivity index (χ1n) is 7.31. The zero-order chi connectivity index (χ0) is 15.6. The Hall–Kier alpha value is -1.85. The highest BCUT2D eigenvalue weighted by Gasteiger charge is 2.22. The van der Waals surface area contributed by atoms with Crippen LogP contribution in [0.3, 0.4) is 0 Å². The summed E-state index contributed by atoms with van der Waals surface area (Å²) < 4.78 is 7.50. The molecular formula is C20H13IOS. The fraction of sp³-hybridized carbons (Fsp3) is 0. The average Bonchev–Trinajstić information content (AvgIpc) is 3.24. The fourth-order valence-corrected chi connectivity index (χ4v) is 4.53. The molecule has 1 nitrogen and oxygen atoms in total. The standard InChI is InChI=1S/C20H13IOS/c21-18-17(16-12-7-13-23-16)19(14-8-3-1-4-9-14)22-20(18)15-10-5-2-6-11-15/h1-13H. The molecule has 0 amide bonds. The van der Waals surface area contributed by atoms with Gasteiger partial charge in [0.2, 0.25) is 0 Å². The minimum atomic E-state index is 0.938. The molecular weight excluding hydrogens is 415 g/mol. The van der Waals surface area contributed by atoms with Crippen molar-refractivity contribution in [1.29, 1.82) is 0 Å². The molecule has 0 atom stereocenters. The Balaban J connectivity index is 1.98. The maximum absolute atomic E-state index is 6.34. The van der Waals surface area contributed by atoms with Crippen LogP contribution in [-0.4, -0.2) is 0 Å². The summed E-state index contributed by atoms with van der Waals surface area (Å²) in [6.07, 6.45) is 0. The molecule has 0 unspecified atom stereocenters. The SMILES string of the molecule is Ic1c(-c2ccccc2)oc(-c2ccccc2)c1-c1cccs1. The second kappa shape index (κ2) is 6.34. The fourth-order valence-electron chi connectivity index (χ4n) is 2.62. The van der Waals surface area contributed by atoms with Gasteiger partial charge in [-0.05, 0) is 34.0 Å². The van der Waals surface area contributed by atoms with Crippen molar-refractivity contribution in [3.63, 3.8) is 0 Å². The van der Waals surface area contributed by atoms with E-state index in [1.165, 1.54) is 10.4 Å². The van der Waals surface area contributed by atoms with Gasteiger partial charge in [-0.2, -0.15) is 0 Å². The van der Waals surface area contributed by atoms with Gasteiger partial charge in [0.1, 0.15) is 11.5 Å². The summed E-state index contributed by atoms with van der Waals surface area (Å²) in [6, 6.07) is 24.8. The minimum absolute atomic E-state index is 0.938. The number of hydrogen-bond donors (Lipinski definition) is 0. The van der Waals surface area contributed by atoms with Crippen LogP contribution < -0.4 is 0 Å². The Labute approximate surface area is 152 Å². The summed E-state index contributed by atoms with van der Waals surface area (Å²) in [6.45, 7) is 0. The third-order valence-corrected chi connectivity index (χ3v) is 5.61. The summed E-state index contributed by atoms with van der Waals surface area (Å²) in [7, 11) is 0. The summed E-state index contributed by atoms with van der Waals surface area (Å²) in [4.78, 5) is 1.24. The first-order valence-corrected chi connectivity index (χ1v) is 9.27. The molecule has 0 fully saturated rings. The second-order valence-corrected chi connectivity index (χ2v) is 7.19. The molecule has 0 bridgehead atoms. The van der Waals surface area contributed by atoms with E-state index in [4.69, 9.17) is 4.42 Å². The van der Waals surface area contributed by atoms with E-state index in [1.54, 1.807) is 11.3 Å². The van der Waals surface area contributed by atoms with E-state index in [0.717, 1.165) is 26.2 Å². The quantitative estimate of drug-likeness (QED) is 0.322. The molecule has 0 N–H and O–H groups in total. The number of furan rings is 1. The van der Waals surface area contributed by atoms with Crippen LogP contribution in [0.2, 0.25) is 0 Å². The number of benzene rings is 2. The molecule has 0 aliphatic carbocycles. The minimum Gasteiger partial charge on any atom is -0.454 e. The lowest BCUT2D eigenvalue weighted by Crippen LogP contribution is -1.79. The van der Waals surface area contributed by atoms with Gasteiger partial charge in [0.05, 0.1) is 9.13 Å². The zero-order valence-electron chi connectivity index (χ0n) is 12.2. The van der Waals surface area contributed by atoms with Crippen molar-refractivity contribution in [1.82, 2.24) is 0 Å². The van der Waals surface area contributed by atoms with Crippen LogP contribution in [-0.2, 0) is 0 Å². The van der Waals surface area contributed by atoms with E-state index in [1.807, 2.05) is 36.4 Å². The molecule has 23 heavy (non-hydrogen) atoms. The van der Waals surface area contributed by atoms with Crippen LogP contribution in [0.5, 0.6) is 0 Å². The molecule has 3 heteroatoms. The highest BCUT2D eigenvalue weighted by atomic mass is 127. The van der Waals surface area contributed by atoms with Gasteiger partial charge in [0.25, 0.3) is 0 Å². The van der Waals surface area contributed by atoms with E-state index >= 15 is 0 Å². The van der Waals surface area contributed by atoms with E-state index in [-0.39, 0.29) is 0 Å². The number of halogens is 1. The van der Waals surface area contributed by atoms with E-state index in [9.17, 15) is 0 Å². The molecule has 4 rings (SSSR count). The molecule has 0 aliphatic heterocycles. The number of hydrogen-bond acceptors (Lipinski definition) is 2. The first kappa shape index (κ1) is 14.7. The zero-order valence-corrected chi connectivity index (χ0v) is 15.2. The van der Waals surface area contributed by atoms with Gasteiger partial charge in [-0.3, -0.25) is 0 Å². The highest BCUT2D eigenvalue weighted by molar-refractivity contribution is 14.1. The van der Waals surface area contributed by atoms with Gasteiger partial charge in [0.15, 0.2) is 0 Å². The van der Waals surface area contributed by atoms with E-state index < -0.39 is 0 Å². The van der Waals surface area contributed by atoms with Crippen LogP contribution in [0.15, 0.2) is 82.6 Å². The first-order chi connectivity index (χ1) is 11.3. The van der Waals surface area contributed by atoms with Crippen LogP contribution in [0.4, 0.5) is 0 Å². The predicted molar refractivity (Wildman–Crippen MR) is 106 cm³/mol. The molecule has 0 aliphatic rings. The third-order valence-electron chi connectivity index (χ3n) is 3.69. The number of thiophene rings is 1. The van der Waals surface area contributed by atoms with Crippen molar-refractivity contribution < 1.29 is 4.42 Å². The lowest BCUT2D eigenvalue weighted by atomic mass is 10.1. The van der Waals surface area contributed by atoms with Crippen molar-refractivity contribution in [3.8, 4) is 33.1 Å². The molecule has 0 radical (unpaired) electrons. The Morgan fingerprint density at radius 1 is 0.696 bits per heavy atom. The van der Waals surface area contributed by atoms with Crippen molar-refractivity contribution in [3.05, 3.63) is 81.7 Å². The molecule has 0 saturated heterocycles. The van der Waals surface area contributed by atoms with Crippen molar-refractivity contribution >= 4 is 33.9 Å². The lowest BCUT2D eigenvalue weighted by Gasteiger charge is -2.00. The molecule has 4 aromatic rings. The Kier molecular flexibility index (Phi) is 4.06. The maximum atomic E-state index is 6.34. The summed E-state index contributed by atoms with van der Waals surface area (Å²) in [5.74, 6) is 1.88. The summed E-state index contributed by atoms with van der Waals surface area (Å²) in [5.41, 5.74) is 3.40. The normalized spacial score (nSPS) is 10.8. The molecule has 0 spiro atoms. The smallest absolute Gasteiger partial charge is 0.148 e. The number of rotatable bonds is 3. The van der Waals surface area contributed by atoms with Crippen molar-refractivity contribution in [2.24, 2.45) is 0 Å². The molecule has 2 aromatic carbocycles. The summed E-state index contributed by atoms with van der Waals surface area (Å²) in [5, 5.41) is 2.11. The van der Waals surface area contributed by atoms with Gasteiger partial charge in [-0.25, -0.2) is 0 Å². The van der Waals surface area contributed by atoms with Crippen molar-refractivity contribution in [2.75, 3.05) is 0 Å². The Morgan fingerprint density at radius 3 is 1.87 bits per heavy atom. The largest absolute Gasteiger partial charge is 0.454 e. The molecule has 2 heterocycles. The monoisotopic (exact) mass is 428 g/mol. The van der Waals surface area contributed by atoms with Gasteiger partial charge < -0.3 is 4.42 Å². The Bertz CT molecular complexity index is 909. The van der Waals surface area contributed by atoms with Crippen LogP contribution in [0.1, 0.15) is 0 Å². The van der Waals surface area contributed by atoms with Gasteiger partial charge >= 0.3 is 0 Å². The second-order valence-electron chi connectivity index (χ2n) is 5.16.